The standard InChI is InChI=1S/C18H15N3O5/c1-26-18(23)15(10-14-4-2-3-5-16(14)21(24)25)20-17(22)13-8-6-12(11-19)7-9-13/h2-9,15H,10H2,1H3,(H,20,22)/t15-/m1/s1. The van der Waals surface area contributed by atoms with Crippen molar-refractivity contribution in [2.45, 2.75) is 12.5 Å². The first-order chi connectivity index (χ1) is 12.5. The van der Waals surface area contributed by atoms with Gasteiger partial charge in [0.1, 0.15) is 6.04 Å². The minimum absolute atomic E-state index is 0.0914. The number of para-hydroxylation sites is 1. The highest BCUT2D eigenvalue weighted by Gasteiger charge is 2.26. The lowest BCUT2D eigenvalue weighted by Crippen LogP contribution is -2.43. The van der Waals surface area contributed by atoms with E-state index in [1.54, 1.807) is 6.07 Å². The van der Waals surface area contributed by atoms with E-state index in [0.717, 1.165) is 0 Å². The molecule has 1 amide bonds. The highest BCUT2D eigenvalue weighted by molar-refractivity contribution is 5.97. The van der Waals surface area contributed by atoms with Crippen LogP contribution in [0.3, 0.4) is 0 Å². The zero-order valence-corrected chi connectivity index (χ0v) is 13.8. The zero-order valence-electron chi connectivity index (χ0n) is 13.8. The Morgan fingerprint density at radius 2 is 1.88 bits per heavy atom. The molecule has 0 heterocycles. The van der Waals surface area contributed by atoms with Gasteiger partial charge in [0.15, 0.2) is 0 Å². The third-order valence-corrected chi connectivity index (χ3v) is 3.68. The molecule has 0 fully saturated rings. The second-order valence-electron chi connectivity index (χ2n) is 5.33. The van der Waals surface area contributed by atoms with Gasteiger partial charge in [-0.2, -0.15) is 5.26 Å². The van der Waals surface area contributed by atoms with Crippen molar-refractivity contribution < 1.29 is 19.2 Å². The lowest BCUT2D eigenvalue weighted by molar-refractivity contribution is -0.385. The fourth-order valence-corrected chi connectivity index (χ4v) is 2.35. The Labute approximate surface area is 149 Å². The van der Waals surface area contributed by atoms with Gasteiger partial charge in [-0.3, -0.25) is 14.9 Å². The molecule has 0 saturated heterocycles. The van der Waals surface area contributed by atoms with E-state index in [2.05, 4.69) is 5.32 Å². The number of amides is 1. The van der Waals surface area contributed by atoms with E-state index in [1.807, 2.05) is 6.07 Å². The smallest absolute Gasteiger partial charge is 0.328 e. The number of ether oxygens (including phenoxy) is 1. The molecule has 0 saturated carbocycles. The molecule has 1 N–H and O–H groups in total. The van der Waals surface area contributed by atoms with Crippen LogP contribution in [-0.2, 0) is 16.0 Å². The number of carbonyl (C=O) groups is 2. The van der Waals surface area contributed by atoms with E-state index in [4.69, 9.17) is 10.00 Å². The number of nitro benzene ring substituents is 1. The number of hydrogen-bond acceptors (Lipinski definition) is 6. The van der Waals surface area contributed by atoms with Crippen LogP contribution in [0, 0.1) is 21.4 Å². The van der Waals surface area contributed by atoms with Gasteiger partial charge in [0.25, 0.3) is 11.6 Å². The molecule has 2 aromatic rings. The molecular weight excluding hydrogens is 338 g/mol. The highest BCUT2D eigenvalue weighted by Crippen LogP contribution is 2.19. The van der Waals surface area contributed by atoms with Gasteiger partial charge in [0.2, 0.25) is 0 Å². The molecule has 0 aliphatic rings. The second kappa shape index (κ2) is 8.39. The van der Waals surface area contributed by atoms with Crippen molar-refractivity contribution in [1.29, 1.82) is 5.26 Å². The third kappa shape index (κ3) is 4.42. The lowest BCUT2D eigenvalue weighted by atomic mass is 10.0. The van der Waals surface area contributed by atoms with E-state index < -0.39 is 22.8 Å². The maximum atomic E-state index is 12.3. The van der Waals surface area contributed by atoms with Gasteiger partial charge in [0.05, 0.1) is 23.7 Å². The quantitative estimate of drug-likeness (QED) is 0.481. The van der Waals surface area contributed by atoms with Gasteiger partial charge in [0, 0.05) is 23.6 Å². The maximum absolute atomic E-state index is 12.3. The van der Waals surface area contributed by atoms with Crippen LogP contribution in [0.2, 0.25) is 0 Å². The first kappa shape index (κ1) is 18.6. The number of carbonyl (C=O) groups excluding carboxylic acids is 2. The Morgan fingerprint density at radius 3 is 2.46 bits per heavy atom. The molecule has 0 bridgehead atoms. The van der Waals surface area contributed by atoms with E-state index in [0.29, 0.717) is 11.1 Å². The predicted molar refractivity (Wildman–Crippen MR) is 91.2 cm³/mol. The molecule has 1 atom stereocenters. The van der Waals surface area contributed by atoms with Crippen LogP contribution in [-0.4, -0.2) is 30.0 Å². The number of nitro groups is 1. The van der Waals surface area contributed by atoms with Gasteiger partial charge < -0.3 is 10.1 Å². The molecule has 0 radical (unpaired) electrons. The lowest BCUT2D eigenvalue weighted by Gasteiger charge is -2.16. The Hall–Kier alpha value is -3.73. The van der Waals surface area contributed by atoms with Crippen molar-refractivity contribution in [1.82, 2.24) is 5.32 Å². The molecule has 8 heteroatoms. The zero-order chi connectivity index (χ0) is 19.1. The number of hydrogen-bond donors (Lipinski definition) is 1. The van der Waals surface area contributed by atoms with Crippen LogP contribution < -0.4 is 5.32 Å². The van der Waals surface area contributed by atoms with Crippen molar-refractivity contribution in [3.63, 3.8) is 0 Å². The fourth-order valence-electron chi connectivity index (χ4n) is 2.35. The van der Waals surface area contributed by atoms with Crippen LogP contribution in [0.25, 0.3) is 0 Å². The number of nitriles is 1. The molecule has 132 valence electrons. The van der Waals surface area contributed by atoms with Crippen molar-refractivity contribution in [3.05, 3.63) is 75.3 Å². The average Bonchev–Trinajstić information content (AvgIpc) is 2.67. The number of benzene rings is 2. The Bertz CT molecular complexity index is 871. The summed E-state index contributed by atoms with van der Waals surface area (Å²) in [5, 5.41) is 22.4. The van der Waals surface area contributed by atoms with Crippen LogP contribution in [0.15, 0.2) is 48.5 Å². The van der Waals surface area contributed by atoms with Gasteiger partial charge in [-0.25, -0.2) is 4.79 Å². The monoisotopic (exact) mass is 353 g/mol. The van der Waals surface area contributed by atoms with Gasteiger partial charge in [-0.1, -0.05) is 18.2 Å². The minimum Gasteiger partial charge on any atom is -0.467 e. The summed E-state index contributed by atoms with van der Waals surface area (Å²) in [5.74, 6) is -1.27. The molecule has 26 heavy (non-hydrogen) atoms. The summed E-state index contributed by atoms with van der Waals surface area (Å²) in [5.41, 5.74) is 0.800. The molecule has 0 aromatic heterocycles. The van der Waals surface area contributed by atoms with Crippen molar-refractivity contribution in [3.8, 4) is 6.07 Å². The van der Waals surface area contributed by atoms with Gasteiger partial charge >= 0.3 is 5.97 Å². The van der Waals surface area contributed by atoms with E-state index in [9.17, 15) is 19.7 Å². The van der Waals surface area contributed by atoms with E-state index in [1.165, 1.54) is 49.6 Å². The first-order valence-corrected chi connectivity index (χ1v) is 7.57. The van der Waals surface area contributed by atoms with Gasteiger partial charge in [-0.05, 0) is 24.3 Å². The van der Waals surface area contributed by atoms with Crippen LogP contribution in [0.4, 0.5) is 5.69 Å². The molecule has 2 rings (SSSR count). The van der Waals surface area contributed by atoms with Crippen LogP contribution >= 0.6 is 0 Å². The van der Waals surface area contributed by atoms with E-state index >= 15 is 0 Å². The summed E-state index contributed by atoms with van der Waals surface area (Å²) in [6.07, 6.45) is -0.0914. The summed E-state index contributed by atoms with van der Waals surface area (Å²) in [7, 11) is 1.17. The minimum atomic E-state index is -1.09. The molecular formula is C18H15N3O5. The fraction of sp³-hybridized carbons (Fsp3) is 0.167. The normalized spacial score (nSPS) is 11.1. The van der Waals surface area contributed by atoms with Crippen molar-refractivity contribution in [2.24, 2.45) is 0 Å². The van der Waals surface area contributed by atoms with E-state index in [-0.39, 0.29) is 17.7 Å². The summed E-state index contributed by atoms with van der Waals surface area (Å²) in [4.78, 5) is 34.9. The Morgan fingerprint density at radius 1 is 1.23 bits per heavy atom. The molecule has 0 aliphatic carbocycles. The molecule has 2 aromatic carbocycles. The summed E-state index contributed by atoms with van der Waals surface area (Å²) >= 11 is 0. The third-order valence-electron chi connectivity index (χ3n) is 3.68. The Kier molecular flexibility index (Phi) is 6.01. The topological polar surface area (TPSA) is 122 Å². The number of esters is 1. The summed E-state index contributed by atoms with van der Waals surface area (Å²) in [6.45, 7) is 0. The van der Waals surface area contributed by atoms with Crippen LogP contribution in [0.5, 0.6) is 0 Å². The average molecular weight is 353 g/mol. The number of methoxy groups -OCH3 is 1. The molecule has 0 aliphatic heterocycles. The largest absolute Gasteiger partial charge is 0.467 e. The number of nitrogens with one attached hydrogen (secondary N) is 1. The molecule has 0 spiro atoms. The molecule has 8 nitrogen and oxygen atoms in total. The summed E-state index contributed by atoms with van der Waals surface area (Å²) < 4.78 is 4.69. The second-order valence-corrected chi connectivity index (χ2v) is 5.33. The number of rotatable bonds is 6. The Balaban J connectivity index is 2.22. The summed E-state index contributed by atoms with van der Waals surface area (Å²) in [6, 6.07) is 12.7. The van der Waals surface area contributed by atoms with Crippen molar-refractivity contribution in [2.75, 3.05) is 7.11 Å². The van der Waals surface area contributed by atoms with Crippen LogP contribution in [0.1, 0.15) is 21.5 Å². The predicted octanol–water partition coefficient (Wildman–Crippen LogP) is 1.98. The molecule has 0 unspecified atom stereocenters. The first-order valence-electron chi connectivity index (χ1n) is 7.57. The SMILES string of the molecule is COC(=O)[C@@H](Cc1ccccc1[N+](=O)[O-])NC(=O)c1ccc(C#N)cc1. The van der Waals surface area contributed by atoms with Crippen molar-refractivity contribution >= 4 is 17.6 Å². The number of nitrogens with zero attached hydrogens (tertiary/aromatic N) is 2. The maximum Gasteiger partial charge on any atom is 0.328 e. The highest BCUT2D eigenvalue weighted by atomic mass is 16.6. The van der Waals surface area contributed by atoms with Gasteiger partial charge in [-0.15, -0.1) is 0 Å².